The Morgan fingerprint density at radius 1 is 0.506 bits per heavy atom. The summed E-state index contributed by atoms with van der Waals surface area (Å²) in [6, 6.07) is 12.3. The van der Waals surface area contributed by atoms with E-state index in [2.05, 4.69) is 95.5 Å². The van der Waals surface area contributed by atoms with Gasteiger partial charge in [-0.05, 0) is 175 Å². The van der Waals surface area contributed by atoms with Crippen molar-refractivity contribution in [1.82, 2.24) is 55.8 Å². The van der Waals surface area contributed by atoms with Crippen molar-refractivity contribution in [3.8, 4) is 11.5 Å². The van der Waals surface area contributed by atoms with Crippen LogP contribution in [0.25, 0.3) is 11.5 Å². The number of hydrogen-bond donors (Lipinski definition) is 6. The predicted molar refractivity (Wildman–Crippen MR) is 353 cm³/mol. The van der Waals surface area contributed by atoms with Crippen LogP contribution in [0, 0.1) is 0 Å². The third kappa shape index (κ3) is 27.0. The second-order valence-corrected chi connectivity index (χ2v) is 39.3. The van der Waals surface area contributed by atoms with Crippen molar-refractivity contribution in [2.24, 2.45) is 5.73 Å². The summed E-state index contributed by atoms with van der Waals surface area (Å²) < 4.78 is 6.10. The number of nitrogens with zero attached hydrogens (tertiary/aromatic N) is 8. The first-order valence-electron chi connectivity index (χ1n) is 30.9. The Morgan fingerprint density at radius 3 is 1.34 bits per heavy atom. The number of anilines is 2. The molecule has 468 valence electrons. The van der Waals surface area contributed by atoms with Gasteiger partial charge in [0.1, 0.15) is 22.5 Å². The molecule has 0 atom stereocenters. The Bertz CT molecular complexity index is 2830. The van der Waals surface area contributed by atoms with Gasteiger partial charge in [0.05, 0.1) is 31.0 Å². The van der Waals surface area contributed by atoms with Gasteiger partial charge in [0.2, 0.25) is 28.3 Å². The maximum absolute atomic E-state index is 12.1. The molecule has 85 heavy (non-hydrogen) atoms. The first-order valence-corrected chi connectivity index (χ1v) is 39.5. The van der Waals surface area contributed by atoms with E-state index >= 15 is 0 Å². The van der Waals surface area contributed by atoms with Gasteiger partial charge in [-0.3, -0.25) is 19.4 Å². The van der Waals surface area contributed by atoms with Gasteiger partial charge in [-0.15, -0.1) is 0 Å². The number of amides is 3. The van der Waals surface area contributed by atoms with E-state index in [1.54, 1.807) is 9.91 Å². The summed E-state index contributed by atoms with van der Waals surface area (Å²) in [4.78, 5) is 69.6. The number of nitrogens with one attached hydrogen (secondary N) is 5. The number of nitrogens with two attached hydrogens (primary N) is 1. The Morgan fingerprint density at radius 2 is 0.918 bits per heavy atom. The average Bonchev–Trinajstić information content (AvgIpc) is 3.51. The maximum atomic E-state index is 12.1. The molecule has 0 aromatic carbocycles. The minimum Gasteiger partial charge on any atom is -0.223 e. The molecule has 3 aliphatic rings. The zero-order chi connectivity index (χ0) is 62.6. The minimum atomic E-state index is -2.21. The Kier molecular flexibility index (Phi) is 31.2. The number of unbranched alkanes of at least 4 members (excludes halogenated alkanes) is 3. The Balaban J connectivity index is 0.000000237. The van der Waals surface area contributed by atoms with Gasteiger partial charge in [-0.1, -0.05) is 17.7 Å². The molecule has 0 spiro atoms. The molecule has 0 saturated heterocycles. The molecular formula is C64H99Cl3N14O3Sn. The van der Waals surface area contributed by atoms with Crippen LogP contribution in [0.15, 0.2) is 48.8 Å². The number of rotatable bonds is 18. The van der Waals surface area contributed by atoms with Gasteiger partial charge < -0.3 is 32.3 Å². The van der Waals surface area contributed by atoms with Gasteiger partial charge in [-0.2, -0.15) is 0 Å². The van der Waals surface area contributed by atoms with Gasteiger partial charge >= 0.3 is 124 Å². The Hall–Kier alpha value is -4.82. The molecule has 3 aliphatic carbocycles. The molecular weight excluding hydrogens is 1240 g/mol. The molecule has 3 amide bonds. The second kappa shape index (κ2) is 36.5. The van der Waals surface area contributed by atoms with E-state index in [0.717, 1.165) is 109 Å². The van der Waals surface area contributed by atoms with Crippen molar-refractivity contribution < 1.29 is 14.4 Å². The summed E-state index contributed by atoms with van der Waals surface area (Å²) in [5, 5.41) is 15.9. The van der Waals surface area contributed by atoms with Crippen molar-refractivity contribution in [3.05, 3.63) is 98.3 Å². The summed E-state index contributed by atoms with van der Waals surface area (Å²) in [7, 11) is 0. The summed E-state index contributed by atoms with van der Waals surface area (Å²) in [5.41, 5.74) is 11.6. The predicted octanol–water partition coefficient (Wildman–Crippen LogP) is 12.7. The standard InChI is InChI=1S/C19H25N5O.C14H21ClN4O.C8H8Cl2N2.C6H14N2O.C5H4N.3C4H9.Sn/c1-19(2,3)24-16(25)12-21-17-13-8-4-5-9-14(13)22-18(23-17)15-10-6-7-11-20-15;1-14(2,3)19-11(20)8-16-12-9-6-4-5-7-10(9)17-13(15)18-12;9-7-5-3-1-2-4-6(5)11-8(10)12-7;1-6(2,3)8-5(9)4-7;1-2-4-6-5-3-1;3*1-3-4-2;/h6-7,10-11H,4-5,8-9,12H2,1-3H3,(H,24,25)(H,21,22,23);4-8H2,1-3H3,(H,19,20)(H,16,17,18);1-4H2;4,7H2,1-3H3,(H,8,9);1-4H;3*1,3-4H2,2H3;. The molecule has 5 aromatic rings. The van der Waals surface area contributed by atoms with Crippen LogP contribution < -0.4 is 36.0 Å². The van der Waals surface area contributed by atoms with Crippen LogP contribution in [0.1, 0.15) is 194 Å². The number of halogens is 3. The first kappa shape index (κ1) is 72.7. The van der Waals surface area contributed by atoms with Gasteiger partial charge in [0.15, 0.2) is 5.82 Å². The van der Waals surface area contributed by atoms with Gasteiger partial charge in [-0.25, -0.2) is 29.9 Å². The molecule has 5 aromatic heterocycles. The zero-order valence-electron chi connectivity index (χ0n) is 53.1. The number of fused-ring (bicyclic) bond motifs is 3. The van der Waals surface area contributed by atoms with Gasteiger partial charge in [0.25, 0.3) is 0 Å². The third-order valence-electron chi connectivity index (χ3n) is 14.1. The molecule has 0 unspecified atom stereocenters. The van der Waals surface area contributed by atoms with Crippen LogP contribution >= 0.6 is 34.8 Å². The molecule has 0 fully saturated rings. The fourth-order valence-corrected chi connectivity index (χ4v) is 26.4. The second-order valence-electron chi connectivity index (χ2n) is 25.2. The van der Waals surface area contributed by atoms with Crippen molar-refractivity contribution in [2.75, 3.05) is 30.3 Å². The van der Waals surface area contributed by atoms with Crippen molar-refractivity contribution >= 4 is 86.2 Å². The number of carbonyl (C=O) groups is 3. The van der Waals surface area contributed by atoms with Crippen molar-refractivity contribution in [1.29, 1.82) is 0 Å². The van der Waals surface area contributed by atoms with Crippen molar-refractivity contribution in [2.45, 2.75) is 229 Å². The maximum Gasteiger partial charge on any atom is 0.224 e. The smallest absolute Gasteiger partial charge is 0.223 e. The largest absolute Gasteiger partial charge is 0.224 e. The van der Waals surface area contributed by atoms with Crippen LogP contribution in [0.3, 0.4) is 0 Å². The first-order chi connectivity index (χ1) is 40.3. The Labute approximate surface area is 527 Å². The van der Waals surface area contributed by atoms with Crippen LogP contribution in [-0.2, 0) is 52.9 Å². The molecule has 0 bridgehead atoms. The number of pyridine rings is 2. The molecule has 0 saturated carbocycles. The van der Waals surface area contributed by atoms with Gasteiger partial charge in [0, 0.05) is 45.2 Å². The van der Waals surface area contributed by atoms with Crippen LogP contribution in [0.4, 0.5) is 11.6 Å². The normalized spacial score (nSPS) is 13.6. The van der Waals surface area contributed by atoms with E-state index in [1.165, 1.54) is 64.7 Å². The zero-order valence-corrected chi connectivity index (χ0v) is 58.2. The van der Waals surface area contributed by atoms with Crippen molar-refractivity contribution in [3.63, 3.8) is 0 Å². The molecule has 5 heterocycles. The third-order valence-corrected chi connectivity index (χ3v) is 30.0. The SMILES string of the molecule is CC(C)(C)NC(=O)CN.CC(C)(C)NC(=O)CNc1nc(-c2ccccn2)nc2c1CCCC2.CC(C)(C)NC(=O)CNc1nc(Cl)nc2c1CCCC2.CCC[CH2][Sn]([CH2]CCC)([CH2]CCC)[c]1ccccn1.Clc1nc(Cl)c2c(n1)CCCC2. The average molecular weight is 1340 g/mol. The van der Waals surface area contributed by atoms with Crippen LogP contribution in [0.2, 0.25) is 29.0 Å². The topological polar surface area (TPSA) is 240 Å². The van der Waals surface area contributed by atoms with Crippen LogP contribution in [0.5, 0.6) is 0 Å². The molecule has 8 rings (SSSR count). The molecule has 21 heteroatoms. The molecule has 0 aliphatic heterocycles. The molecule has 17 nitrogen and oxygen atoms in total. The summed E-state index contributed by atoms with van der Waals surface area (Å²) >= 11 is 15.3. The minimum absolute atomic E-state index is 0.0462. The summed E-state index contributed by atoms with van der Waals surface area (Å²) in [6.07, 6.45) is 24.6. The number of aromatic nitrogens is 8. The summed E-state index contributed by atoms with van der Waals surface area (Å²) in [6.45, 7) is 25.0. The van der Waals surface area contributed by atoms with E-state index < -0.39 is 18.4 Å². The van der Waals surface area contributed by atoms with E-state index in [1.807, 2.05) is 86.7 Å². The van der Waals surface area contributed by atoms with E-state index in [0.29, 0.717) is 16.8 Å². The summed E-state index contributed by atoms with van der Waals surface area (Å²) in [5.74, 6) is 1.85. The monoisotopic (exact) mass is 1340 g/mol. The van der Waals surface area contributed by atoms with E-state index in [9.17, 15) is 14.4 Å². The van der Waals surface area contributed by atoms with E-state index in [-0.39, 0.29) is 64.5 Å². The molecule has 7 N–H and O–H groups in total. The van der Waals surface area contributed by atoms with Crippen LogP contribution in [-0.4, -0.2) is 112 Å². The quantitative estimate of drug-likeness (QED) is 0.0272. The fraction of sp³-hybridized carbons (Fsp3) is 0.609. The number of aryl methyl sites for hydroxylation is 3. The fourth-order valence-electron chi connectivity index (χ4n) is 10.3. The molecule has 0 radical (unpaired) electrons. The number of carbonyl (C=O) groups excluding carboxylic acids is 3. The van der Waals surface area contributed by atoms with E-state index in [4.69, 9.17) is 50.5 Å². The number of hydrogen-bond acceptors (Lipinski definition) is 14.